The molecule has 0 radical (unpaired) electrons. The highest BCUT2D eigenvalue weighted by atomic mass is 16.6. The lowest BCUT2D eigenvalue weighted by Gasteiger charge is -2.07. The molecule has 29 heavy (non-hydrogen) atoms. The average molecular weight is 398 g/mol. The Kier molecular flexibility index (Phi) is 5.67. The van der Waals surface area contributed by atoms with E-state index in [0.29, 0.717) is 23.4 Å². The van der Waals surface area contributed by atoms with Gasteiger partial charge in [-0.1, -0.05) is 18.2 Å². The number of ether oxygens (including phenoxy) is 1. The molecule has 0 unspecified atom stereocenters. The van der Waals surface area contributed by atoms with Crippen LogP contribution in [0.2, 0.25) is 0 Å². The van der Waals surface area contributed by atoms with Crippen molar-refractivity contribution in [3.05, 3.63) is 69.8 Å². The third kappa shape index (κ3) is 4.29. The van der Waals surface area contributed by atoms with Crippen LogP contribution in [0.1, 0.15) is 33.3 Å². The molecule has 11 heteroatoms. The smallest absolute Gasteiger partial charge is 0.338 e. The molecular weight excluding hydrogens is 380 g/mol. The second-order valence-corrected chi connectivity index (χ2v) is 6.01. The zero-order chi connectivity index (χ0) is 21.0. The van der Waals surface area contributed by atoms with Crippen LogP contribution in [0, 0.1) is 10.1 Å². The number of hydrogen-bond donors (Lipinski definition) is 1. The van der Waals surface area contributed by atoms with Gasteiger partial charge >= 0.3 is 11.7 Å². The second-order valence-electron chi connectivity index (χ2n) is 6.01. The van der Waals surface area contributed by atoms with Gasteiger partial charge in [0.1, 0.15) is 6.20 Å². The molecule has 1 N–H and O–H groups in total. The van der Waals surface area contributed by atoms with Crippen LogP contribution in [0.15, 0.2) is 42.9 Å². The maximum Gasteiger partial charge on any atom is 0.338 e. The van der Waals surface area contributed by atoms with E-state index in [-0.39, 0.29) is 17.9 Å². The minimum Gasteiger partial charge on any atom is -0.465 e. The molecule has 11 nitrogen and oxygen atoms in total. The molecule has 0 saturated heterocycles. The summed E-state index contributed by atoms with van der Waals surface area (Å²) in [5.74, 6) is -1.17. The van der Waals surface area contributed by atoms with E-state index in [1.807, 2.05) is 0 Å². The van der Waals surface area contributed by atoms with Crippen molar-refractivity contribution >= 4 is 23.3 Å². The van der Waals surface area contributed by atoms with Crippen LogP contribution in [-0.2, 0) is 17.8 Å². The summed E-state index contributed by atoms with van der Waals surface area (Å²) in [5.41, 5.74) is 0.796. The molecule has 1 amide bonds. The first kappa shape index (κ1) is 19.7. The first-order valence-corrected chi connectivity index (χ1v) is 8.64. The summed E-state index contributed by atoms with van der Waals surface area (Å²) in [6.45, 7) is 2.42. The Morgan fingerprint density at radius 1 is 1.24 bits per heavy atom. The number of methoxy groups -OCH3 is 1. The van der Waals surface area contributed by atoms with Crippen molar-refractivity contribution in [2.75, 3.05) is 12.4 Å². The van der Waals surface area contributed by atoms with Gasteiger partial charge in [-0.25, -0.2) is 4.79 Å². The number of anilines is 1. The van der Waals surface area contributed by atoms with Crippen LogP contribution < -0.4 is 5.32 Å². The van der Waals surface area contributed by atoms with E-state index in [1.165, 1.54) is 28.9 Å². The van der Waals surface area contributed by atoms with Gasteiger partial charge in [-0.15, -0.1) is 0 Å². The molecule has 1 aromatic carbocycles. The van der Waals surface area contributed by atoms with Gasteiger partial charge in [0.2, 0.25) is 5.69 Å². The van der Waals surface area contributed by atoms with E-state index in [0.717, 1.165) is 0 Å². The van der Waals surface area contributed by atoms with Crippen LogP contribution in [0.5, 0.6) is 0 Å². The standard InChI is InChI=1S/C18H18N6O5/c1-3-22-11-15(24(27)28)16(21-22)17(25)20-13-8-19-23(10-13)9-12-6-4-5-7-14(12)18(26)29-2/h4-8,10-11H,3,9H2,1-2H3,(H,20,25). The van der Waals surface area contributed by atoms with E-state index in [1.54, 1.807) is 37.4 Å². The highest BCUT2D eigenvalue weighted by Gasteiger charge is 2.25. The van der Waals surface area contributed by atoms with Crippen LogP contribution in [0.4, 0.5) is 11.4 Å². The highest BCUT2D eigenvalue weighted by molar-refractivity contribution is 6.05. The van der Waals surface area contributed by atoms with Crippen molar-refractivity contribution in [1.82, 2.24) is 19.6 Å². The van der Waals surface area contributed by atoms with E-state index < -0.39 is 16.8 Å². The fraction of sp³-hybridized carbons (Fsp3) is 0.222. The first-order valence-electron chi connectivity index (χ1n) is 8.64. The number of aryl methyl sites for hydroxylation is 1. The third-order valence-electron chi connectivity index (χ3n) is 4.12. The Balaban J connectivity index is 1.77. The number of nitrogens with one attached hydrogen (secondary N) is 1. The van der Waals surface area contributed by atoms with Crippen molar-refractivity contribution in [3.63, 3.8) is 0 Å². The summed E-state index contributed by atoms with van der Waals surface area (Å²) in [7, 11) is 1.31. The molecule has 150 valence electrons. The Bertz CT molecular complexity index is 1070. The lowest BCUT2D eigenvalue weighted by atomic mass is 10.1. The number of rotatable bonds is 7. The lowest BCUT2D eigenvalue weighted by molar-refractivity contribution is -0.385. The molecule has 0 saturated carbocycles. The minimum atomic E-state index is -0.710. The zero-order valence-corrected chi connectivity index (χ0v) is 15.7. The number of aromatic nitrogens is 4. The molecule has 0 bridgehead atoms. The second kappa shape index (κ2) is 8.33. The number of nitro groups is 1. The minimum absolute atomic E-state index is 0.270. The van der Waals surface area contributed by atoms with Crippen LogP contribution in [0.3, 0.4) is 0 Å². The van der Waals surface area contributed by atoms with Gasteiger partial charge in [0, 0.05) is 12.7 Å². The Morgan fingerprint density at radius 2 is 2.00 bits per heavy atom. The molecule has 0 aliphatic rings. The Hall–Kier alpha value is -4.02. The van der Waals surface area contributed by atoms with Crippen molar-refractivity contribution in [2.24, 2.45) is 0 Å². The number of carbonyl (C=O) groups is 2. The largest absolute Gasteiger partial charge is 0.465 e. The molecule has 0 spiro atoms. The van der Waals surface area contributed by atoms with Crippen LogP contribution in [-0.4, -0.2) is 43.5 Å². The summed E-state index contributed by atoms with van der Waals surface area (Å²) < 4.78 is 7.62. The molecule has 0 fully saturated rings. The fourth-order valence-electron chi connectivity index (χ4n) is 2.71. The maximum atomic E-state index is 12.4. The molecule has 2 heterocycles. The molecular formula is C18H18N6O5. The number of amides is 1. The van der Waals surface area contributed by atoms with Gasteiger partial charge in [-0.05, 0) is 18.6 Å². The van der Waals surface area contributed by atoms with Crippen molar-refractivity contribution in [1.29, 1.82) is 0 Å². The summed E-state index contributed by atoms with van der Waals surface area (Å²) in [4.78, 5) is 34.8. The van der Waals surface area contributed by atoms with E-state index in [4.69, 9.17) is 4.74 Å². The Morgan fingerprint density at radius 3 is 2.69 bits per heavy atom. The number of esters is 1. The number of hydrogen-bond acceptors (Lipinski definition) is 7. The first-order chi connectivity index (χ1) is 13.9. The van der Waals surface area contributed by atoms with E-state index in [2.05, 4.69) is 15.5 Å². The quantitative estimate of drug-likeness (QED) is 0.366. The molecule has 0 aliphatic heterocycles. The summed E-state index contributed by atoms with van der Waals surface area (Å²) in [6, 6.07) is 6.94. The molecule has 0 atom stereocenters. The van der Waals surface area contributed by atoms with Crippen LogP contribution >= 0.6 is 0 Å². The molecule has 3 rings (SSSR count). The fourth-order valence-corrected chi connectivity index (χ4v) is 2.71. The molecule has 3 aromatic rings. The van der Waals surface area contributed by atoms with E-state index >= 15 is 0 Å². The zero-order valence-electron chi connectivity index (χ0n) is 15.7. The topological polar surface area (TPSA) is 134 Å². The van der Waals surface area contributed by atoms with Gasteiger partial charge in [0.15, 0.2) is 0 Å². The van der Waals surface area contributed by atoms with Gasteiger partial charge in [-0.2, -0.15) is 10.2 Å². The third-order valence-corrected chi connectivity index (χ3v) is 4.12. The maximum absolute atomic E-state index is 12.4. The van der Waals surface area contributed by atoms with E-state index in [9.17, 15) is 19.7 Å². The summed E-state index contributed by atoms with van der Waals surface area (Å²) in [6.07, 6.45) is 4.16. The number of benzene rings is 1. The van der Waals surface area contributed by atoms with Gasteiger partial charge < -0.3 is 10.1 Å². The van der Waals surface area contributed by atoms with Gasteiger partial charge in [-0.3, -0.25) is 24.3 Å². The van der Waals surface area contributed by atoms with Gasteiger partial charge in [0.25, 0.3) is 5.91 Å². The monoisotopic (exact) mass is 398 g/mol. The summed E-state index contributed by atoms with van der Waals surface area (Å²) >= 11 is 0. The molecule has 2 aromatic heterocycles. The normalized spacial score (nSPS) is 10.6. The van der Waals surface area contributed by atoms with Crippen LogP contribution in [0.25, 0.3) is 0 Å². The van der Waals surface area contributed by atoms with Crippen molar-refractivity contribution in [2.45, 2.75) is 20.0 Å². The number of carbonyl (C=O) groups excluding carboxylic acids is 2. The molecule has 0 aliphatic carbocycles. The predicted octanol–water partition coefficient (Wildman–Crippen LogP) is 2.09. The van der Waals surface area contributed by atoms with Gasteiger partial charge in [0.05, 0.1) is 36.0 Å². The Labute approximate surface area is 165 Å². The average Bonchev–Trinajstić information content (AvgIpc) is 3.34. The van der Waals surface area contributed by atoms with Crippen molar-refractivity contribution < 1.29 is 19.2 Å². The highest BCUT2D eigenvalue weighted by Crippen LogP contribution is 2.19. The SMILES string of the molecule is CCn1cc([N+](=O)[O-])c(C(=O)Nc2cnn(Cc3ccccc3C(=O)OC)c2)n1. The van der Waals surface area contributed by atoms with Crippen molar-refractivity contribution in [3.8, 4) is 0 Å². The summed E-state index contributed by atoms with van der Waals surface area (Å²) in [5, 5.41) is 21.8. The number of nitrogens with zero attached hydrogens (tertiary/aromatic N) is 5. The lowest BCUT2D eigenvalue weighted by Crippen LogP contribution is -2.14. The predicted molar refractivity (Wildman–Crippen MR) is 102 cm³/mol.